The average molecular weight is 449 g/mol. The summed E-state index contributed by atoms with van der Waals surface area (Å²) in [5.41, 5.74) is 0.740. The molecule has 1 saturated heterocycles. The van der Waals surface area contributed by atoms with Gasteiger partial charge in [0.2, 0.25) is 21.7 Å². The van der Waals surface area contributed by atoms with Crippen LogP contribution >= 0.6 is 11.6 Å². The van der Waals surface area contributed by atoms with Crippen molar-refractivity contribution >= 4 is 21.6 Å². The molecule has 0 unspecified atom stereocenters. The average Bonchev–Trinajstić information content (AvgIpc) is 3.22. The van der Waals surface area contributed by atoms with Crippen LogP contribution in [0.1, 0.15) is 31.1 Å². The van der Waals surface area contributed by atoms with Crippen LogP contribution in [0.25, 0.3) is 11.4 Å². The quantitative estimate of drug-likeness (QED) is 0.601. The van der Waals surface area contributed by atoms with Crippen LogP contribution in [-0.2, 0) is 10.0 Å². The molecule has 7 nitrogen and oxygen atoms in total. The number of hydrogen-bond acceptors (Lipinski definition) is 6. The summed E-state index contributed by atoms with van der Waals surface area (Å²) in [6, 6.07) is 7.70. The molecule has 1 aromatic carbocycles. The Morgan fingerprint density at radius 2 is 2.00 bits per heavy atom. The number of rotatable bonds is 4. The minimum absolute atomic E-state index is 0.0440. The first-order valence-electron chi connectivity index (χ1n) is 9.59. The van der Waals surface area contributed by atoms with Crippen molar-refractivity contribution in [2.45, 2.75) is 30.1 Å². The summed E-state index contributed by atoms with van der Waals surface area (Å²) in [5, 5.41) is 3.85. The Morgan fingerprint density at radius 1 is 1.20 bits per heavy atom. The molecule has 1 atom stereocenters. The van der Waals surface area contributed by atoms with Gasteiger partial charge in [0.25, 0.3) is 0 Å². The van der Waals surface area contributed by atoms with E-state index in [1.54, 1.807) is 12.4 Å². The molecule has 1 spiro atoms. The molecule has 2 aliphatic rings. The Kier molecular flexibility index (Phi) is 4.64. The molecule has 2 aromatic heterocycles. The van der Waals surface area contributed by atoms with Gasteiger partial charge in [0.1, 0.15) is 4.90 Å². The Balaban J connectivity index is 1.29. The summed E-state index contributed by atoms with van der Waals surface area (Å²) >= 11 is 5.76. The molecular formula is C20H18ClFN4O3S. The van der Waals surface area contributed by atoms with Crippen molar-refractivity contribution < 1.29 is 17.3 Å². The van der Waals surface area contributed by atoms with E-state index >= 15 is 0 Å². The molecule has 30 heavy (non-hydrogen) atoms. The highest BCUT2D eigenvalue weighted by molar-refractivity contribution is 7.89. The van der Waals surface area contributed by atoms with E-state index in [-0.39, 0.29) is 21.3 Å². The van der Waals surface area contributed by atoms with Gasteiger partial charge < -0.3 is 4.52 Å². The maximum absolute atomic E-state index is 14.3. The first kappa shape index (κ1) is 19.6. The van der Waals surface area contributed by atoms with Crippen LogP contribution in [0.5, 0.6) is 0 Å². The molecule has 0 amide bonds. The van der Waals surface area contributed by atoms with Gasteiger partial charge in [-0.05, 0) is 48.9 Å². The van der Waals surface area contributed by atoms with E-state index in [0.717, 1.165) is 12.0 Å². The van der Waals surface area contributed by atoms with Crippen molar-refractivity contribution in [2.75, 3.05) is 13.1 Å². The van der Waals surface area contributed by atoms with E-state index < -0.39 is 15.8 Å². The Morgan fingerprint density at radius 3 is 2.73 bits per heavy atom. The molecule has 156 valence electrons. The minimum Gasteiger partial charge on any atom is -0.339 e. The van der Waals surface area contributed by atoms with Crippen molar-refractivity contribution in [3.63, 3.8) is 0 Å². The number of pyridine rings is 1. The van der Waals surface area contributed by atoms with Crippen molar-refractivity contribution in [1.29, 1.82) is 0 Å². The van der Waals surface area contributed by atoms with Crippen LogP contribution in [0.3, 0.4) is 0 Å². The molecule has 1 saturated carbocycles. The molecule has 1 aliphatic heterocycles. The lowest BCUT2D eigenvalue weighted by Gasteiger charge is -2.31. The van der Waals surface area contributed by atoms with Crippen LogP contribution in [0, 0.1) is 11.2 Å². The zero-order chi connectivity index (χ0) is 20.9. The van der Waals surface area contributed by atoms with Crippen LogP contribution in [0.4, 0.5) is 4.39 Å². The molecule has 1 aliphatic carbocycles. The van der Waals surface area contributed by atoms with Gasteiger partial charge in [0, 0.05) is 37.0 Å². The first-order valence-corrected chi connectivity index (χ1v) is 11.4. The number of hydrogen-bond donors (Lipinski definition) is 0. The lowest BCUT2D eigenvalue weighted by Crippen LogP contribution is -2.39. The fourth-order valence-electron chi connectivity index (χ4n) is 4.23. The van der Waals surface area contributed by atoms with E-state index in [4.69, 9.17) is 16.1 Å². The number of benzene rings is 1. The zero-order valence-electron chi connectivity index (χ0n) is 15.8. The zero-order valence-corrected chi connectivity index (χ0v) is 17.4. The fourth-order valence-corrected chi connectivity index (χ4v) is 5.99. The van der Waals surface area contributed by atoms with Crippen LogP contribution in [0.15, 0.2) is 52.1 Å². The van der Waals surface area contributed by atoms with Gasteiger partial charge in [0.05, 0.1) is 5.02 Å². The predicted octanol–water partition coefficient (Wildman–Crippen LogP) is 3.88. The number of aromatic nitrogens is 3. The molecule has 2 fully saturated rings. The van der Waals surface area contributed by atoms with Gasteiger partial charge in [0.15, 0.2) is 5.82 Å². The molecule has 0 bridgehead atoms. The highest BCUT2D eigenvalue weighted by Crippen LogP contribution is 2.64. The van der Waals surface area contributed by atoms with Crippen molar-refractivity contribution in [1.82, 2.24) is 19.4 Å². The van der Waals surface area contributed by atoms with Gasteiger partial charge in [-0.3, -0.25) is 4.98 Å². The third-order valence-electron chi connectivity index (χ3n) is 6.10. The summed E-state index contributed by atoms with van der Waals surface area (Å²) in [7, 11) is -3.94. The lowest BCUT2D eigenvalue weighted by atomic mass is 9.92. The number of halogens is 2. The second kappa shape index (κ2) is 7.11. The monoisotopic (exact) mass is 448 g/mol. The van der Waals surface area contributed by atoms with E-state index in [1.807, 2.05) is 12.1 Å². The second-order valence-electron chi connectivity index (χ2n) is 7.77. The maximum atomic E-state index is 14.3. The van der Waals surface area contributed by atoms with Gasteiger partial charge in [-0.15, -0.1) is 0 Å². The normalized spacial score (nSPS) is 21.1. The molecular weight excluding hydrogens is 431 g/mol. The fraction of sp³-hybridized carbons (Fsp3) is 0.350. The summed E-state index contributed by atoms with van der Waals surface area (Å²) in [5.74, 6) is 0.281. The first-order chi connectivity index (χ1) is 14.4. The molecule has 5 rings (SSSR count). The van der Waals surface area contributed by atoms with E-state index in [0.29, 0.717) is 37.6 Å². The number of piperidine rings is 1. The van der Waals surface area contributed by atoms with Crippen molar-refractivity contribution in [2.24, 2.45) is 5.41 Å². The Hall–Kier alpha value is -2.36. The largest absolute Gasteiger partial charge is 0.339 e. The van der Waals surface area contributed by atoms with E-state index in [2.05, 4.69) is 15.1 Å². The van der Waals surface area contributed by atoms with Gasteiger partial charge in [-0.25, -0.2) is 12.8 Å². The maximum Gasteiger partial charge on any atom is 0.246 e. The number of sulfonamides is 1. The SMILES string of the molecule is O=S(=O)(c1cccc(Cl)c1F)N1CCC2(CC1)C[C@@H]2c1nc(-c2cccnc2)no1. The summed E-state index contributed by atoms with van der Waals surface area (Å²) in [6.07, 6.45) is 5.54. The van der Waals surface area contributed by atoms with Crippen LogP contribution in [0.2, 0.25) is 5.02 Å². The van der Waals surface area contributed by atoms with Gasteiger partial charge in [-0.1, -0.05) is 22.8 Å². The number of nitrogens with zero attached hydrogens (tertiary/aromatic N) is 4. The van der Waals surface area contributed by atoms with E-state index in [1.165, 1.54) is 22.5 Å². The predicted molar refractivity (Wildman–Crippen MR) is 107 cm³/mol. The Labute approximate surface area is 177 Å². The second-order valence-corrected chi connectivity index (χ2v) is 10.1. The topological polar surface area (TPSA) is 89.2 Å². The molecule has 3 heterocycles. The highest BCUT2D eigenvalue weighted by atomic mass is 35.5. The van der Waals surface area contributed by atoms with Crippen molar-refractivity contribution in [3.05, 3.63) is 59.5 Å². The van der Waals surface area contributed by atoms with Gasteiger partial charge >= 0.3 is 0 Å². The lowest BCUT2D eigenvalue weighted by molar-refractivity contribution is 0.242. The summed E-state index contributed by atoms with van der Waals surface area (Å²) < 4.78 is 46.8. The standard InChI is InChI=1S/C20H18ClFN4O3S/c21-15-4-1-5-16(17(15)22)30(27,28)26-9-6-20(7-10-26)11-14(20)19-24-18(25-29-19)13-3-2-8-23-12-13/h1-5,8,12,14H,6-7,9-11H2/t14-/m1/s1. The molecule has 0 radical (unpaired) electrons. The van der Waals surface area contributed by atoms with Crippen LogP contribution in [-0.4, -0.2) is 40.9 Å². The molecule has 3 aromatic rings. The third-order valence-corrected chi connectivity index (χ3v) is 8.31. The van der Waals surface area contributed by atoms with Gasteiger partial charge in [-0.2, -0.15) is 9.29 Å². The minimum atomic E-state index is -3.94. The smallest absolute Gasteiger partial charge is 0.246 e. The summed E-state index contributed by atoms with van der Waals surface area (Å²) in [6.45, 7) is 0.628. The summed E-state index contributed by atoms with van der Waals surface area (Å²) in [4.78, 5) is 8.20. The molecule has 0 N–H and O–H groups in total. The third kappa shape index (κ3) is 3.21. The van der Waals surface area contributed by atoms with Crippen LogP contribution < -0.4 is 0 Å². The Bertz CT molecular complexity index is 1190. The van der Waals surface area contributed by atoms with E-state index in [9.17, 15) is 12.8 Å². The highest BCUT2D eigenvalue weighted by Gasteiger charge is 2.59. The molecule has 10 heteroatoms. The van der Waals surface area contributed by atoms with Crippen molar-refractivity contribution in [3.8, 4) is 11.4 Å².